The molecule has 0 bridgehead atoms. The second-order valence-corrected chi connectivity index (χ2v) is 4.92. The normalized spacial score (nSPS) is 10.2. The van der Waals surface area contributed by atoms with Crippen molar-refractivity contribution in [3.05, 3.63) is 34.9 Å². The van der Waals surface area contributed by atoms with Crippen LogP contribution >= 0.6 is 15.9 Å². The van der Waals surface area contributed by atoms with Crippen LogP contribution in [0.2, 0.25) is 0 Å². The Morgan fingerprint density at radius 1 is 1.38 bits per heavy atom. The Morgan fingerprint density at radius 3 is 3.00 bits per heavy atom. The fraction of sp³-hybridized carbons (Fsp3) is 0.286. The van der Waals surface area contributed by atoms with Crippen molar-refractivity contribution in [2.75, 3.05) is 38.0 Å². The molecule has 1 heterocycles. The summed E-state index contributed by atoms with van der Waals surface area (Å²) in [6.45, 7) is 1.26. The van der Waals surface area contributed by atoms with E-state index in [1.807, 2.05) is 6.07 Å². The van der Waals surface area contributed by atoms with Crippen molar-refractivity contribution in [2.24, 2.45) is 0 Å². The van der Waals surface area contributed by atoms with Crippen LogP contribution in [0.25, 0.3) is 0 Å². The molecule has 1 radical (unpaired) electrons. The van der Waals surface area contributed by atoms with Gasteiger partial charge in [0.25, 0.3) is 0 Å². The third-order valence-electron chi connectivity index (χ3n) is 2.64. The van der Waals surface area contributed by atoms with E-state index in [9.17, 15) is 0 Å². The van der Waals surface area contributed by atoms with E-state index in [1.54, 1.807) is 32.5 Å². The average molecular weight is 352 g/mol. The highest BCUT2D eigenvalue weighted by Gasteiger charge is 2.07. The second-order valence-electron chi connectivity index (χ2n) is 4.06. The van der Waals surface area contributed by atoms with E-state index in [2.05, 4.69) is 42.6 Å². The number of methoxy groups -OCH3 is 2. The molecule has 0 fully saturated rings. The molecule has 0 spiro atoms. The zero-order chi connectivity index (χ0) is 15.1. The molecule has 0 aliphatic carbocycles. The predicted molar refractivity (Wildman–Crippen MR) is 85.2 cm³/mol. The lowest BCUT2D eigenvalue weighted by Crippen LogP contribution is -2.10. The maximum atomic E-state index is 5.26. The SMILES string of the molecule is COCCNc1nc(Nc2cc[c]cc2OC)ncc1Br. The van der Waals surface area contributed by atoms with Crippen LogP contribution in [0.3, 0.4) is 0 Å². The van der Waals surface area contributed by atoms with Crippen molar-refractivity contribution in [3.8, 4) is 5.75 Å². The maximum Gasteiger partial charge on any atom is 0.229 e. The Labute approximate surface area is 132 Å². The molecule has 0 amide bonds. The van der Waals surface area contributed by atoms with E-state index in [0.29, 0.717) is 30.7 Å². The number of halogens is 1. The van der Waals surface area contributed by atoms with Crippen LogP contribution < -0.4 is 15.4 Å². The molecule has 1 aromatic heterocycles. The van der Waals surface area contributed by atoms with E-state index in [0.717, 1.165) is 10.2 Å². The molecule has 0 saturated carbocycles. The molecule has 0 atom stereocenters. The molecule has 2 N–H and O–H groups in total. The van der Waals surface area contributed by atoms with Gasteiger partial charge in [-0.3, -0.25) is 0 Å². The lowest BCUT2D eigenvalue weighted by atomic mass is 10.3. The molecule has 0 saturated heterocycles. The van der Waals surface area contributed by atoms with Crippen LogP contribution in [0.4, 0.5) is 17.5 Å². The molecular formula is C14H16BrN4O2. The van der Waals surface area contributed by atoms with Crippen molar-refractivity contribution in [1.29, 1.82) is 0 Å². The summed E-state index contributed by atoms with van der Waals surface area (Å²) < 4.78 is 11.1. The highest BCUT2D eigenvalue weighted by atomic mass is 79.9. The lowest BCUT2D eigenvalue weighted by Gasteiger charge is -2.11. The first-order valence-corrected chi connectivity index (χ1v) is 7.10. The number of nitrogens with one attached hydrogen (secondary N) is 2. The van der Waals surface area contributed by atoms with Crippen LogP contribution in [0, 0.1) is 6.07 Å². The van der Waals surface area contributed by atoms with Gasteiger partial charge in [-0.25, -0.2) is 4.98 Å². The van der Waals surface area contributed by atoms with Crippen LogP contribution in [-0.2, 0) is 4.74 Å². The molecule has 2 aromatic rings. The minimum absolute atomic E-state index is 0.475. The number of hydrogen-bond donors (Lipinski definition) is 2. The summed E-state index contributed by atoms with van der Waals surface area (Å²) in [7, 11) is 3.26. The third kappa shape index (κ3) is 4.30. The molecule has 0 unspecified atom stereocenters. The summed E-state index contributed by atoms with van der Waals surface area (Å²) in [5.41, 5.74) is 0.779. The van der Waals surface area contributed by atoms with Gasteiger partial charge >= 0.3 is 0 Å². The Bertz CT molecular complexity index is 595. The average Bonchev–Trinajstić information content (AvgIpc) is 2.51. The molecule has 111 valence electrons. The Hall–Kier alpha value is -1.86. The number of aromatic nitrogens is 2. The summed E-state index contributed by atoms with van der Waals surface area (Å²) in [4.78, 5) is 8.65. The number of hydrogen-bond acceptors (Lipinski definition) is 6. The molecule has 1 aromatic carbocycles. The van der Waals surface area contributed by atoms with Crippen molar-refractivity contribution >= 4 is 33.4 Å². The van der Waals surface area contributed by atoms with Crippen molar-refractivity contribution in [2.45, 2.75) is 0 Å². The summed E-state index contributed by atoms with van der Waals surface area (Å²) >= 11 is 3.41. The highest BCUT2D eigenvalue weighted by molar-refractivity contribution is 9.10. The Morgan fingerprint density at radius 2 is 2.24 bits per heavy atom. The van der Waals surface area contributed by atoms with Gasteiger partial charge in [0.2, 0.25) is 5.95 Å². The van der Waals surface area contributed by atoms with Gasteiger partial charge in [0.05, 0.1) is 23.9 Å². The smallest absolute Gasteiger partial charge is 0.229 e. The van der Waals surface area contributed by atoms with Crippen molar-refractivity contribution in [3.63, 3.8) is 0 Å². The van der Waals surface area contributed by atoms with E-state index in [1.165, 1.54) is 0 Å². The standard InChI is InChI=1S/C14H16BrN4O2/c1-20-8-7-16-13-10(15)9-17-14(19-13)18-11-5-3-4-6-12(11)21-2/h3,5-6,9H,7-8H2,1-2H3,(H2,16,17,18,19). The Balaban J connectivity index is 2.15. The van der Waals surface area contributed by atoms with Gasteiger partial charge in [0, 0.05) is 19.9 Å². The zero-order valence-corrected chi connectivity index (χ0v) is 13.4. The lowest BCUT2D eigenvalue weighted by molar-refractivity contribution is 0.210. The maximum absolute atomic E-state index is 5.26. The van der Waals surface area contributed by atoms with E-state index in [4.69, 9.17) is 9.47 Å². The van der Waals surface area contributed by atoms with Crippen LogP contribution in [-0.4, -0.2) is 37.3 Å². The Kier molecular flexibility index (Phi) is 5.77. The van der Waals surface area contributed by atoms with Crippen molar-refractivity contribution in [1.82, 2.24) is 9.97 Å². The number of benzene rings is 1. The quantitative estimate of drug-likeness (QED) is 0.747. The van der Waals surface area contributed by atoms with Crippen molar-refractivity contribution < 1.29 is 9.47 Å². The number of ether oxygens (including phenoxy) is 2. The third-order valence-corrected chi connectivity index (χ3v) is 3.22. The first-order chi connectivity index (χ1) is 10.2. The topological polar surface area (TPSA) is 68.3 Å². The molecule has 0 aliphatic rings. The molecule has 21 heavy (non-hydrogen) atoms. The van der Waals surface area contributed by atoms with Gasteiger partial charge in [0.1, 0.15) is 11.6 Å². The molecule has 6 nitrogen and oxygen atoms in total. The van der Waals surface area contributed by atoms with Crippen LogP contribution in [0.15, 0.2) is 28.9 Å². The summed E-state index contributed by atoms with van der Waals surface area (Å²) in [6.07, 6.45) is 1.69. The van der Waals surface area contributed by atoms with Gasteiger partial charge in [-0.1, -0.05) is 6.07 Å². The zero-order valence-electron chi connectivity index (χ0n) is 11.8. The second kappa shape index (κ2) is 7.80. The van der Waals surface area contributed by atoms with Gasteiger partial charge in [-0.2, -0.15) is 4.98 Å². The van der Waals surface area contributed by atoms with E-state index in [-0.39, 0.29) is 0 Å². The van der Waals surface area contributed by atoms with Crippen LogP contribution in [0.1, 0.15) is 0 Å². The fourth-order valence-electron chi connectivity index (χ4n) is 1.63. The monoisotopic (exact) mass is 351 g/mol. The number of nitrogens with zero attached hydrogens (tertiary/aromatic N) is 2. The fourth-order valence-corrected chi connectivity index (χ4v) is 1.96. The van der Waals surface area contributed by atoms with Gasteiger partial charge in [0.15, 0.2) is 0 Å². The van der Waals surface area contributed by atoms with E-state index >= 15 is 0 Å². The number of anilines is 3. The molecule has 2 rings (SSSR count). The molecular weight excluding hydrogens is 336 g/mol. The van der Waals surface area contributed by atoms with Gasteiger partial charge in [-0.15, -0.1) is 0 Å². The minimum atomic E-state index is 0.475. The molecule has 7 heteroatoms. The summed E-state index contributed by atoms with van der Waals surface area (Å²) in [6, 6.07) is 8.34. The van der Waals surface area contributed by atoms with Gasteiger partial charge in [-0.05, 0) is 34.1 Å². The van der Waals surface area contributed by atoms with E-state index < -0.39 is 0 Å². The number of rotatable bonds is 7. The summed E-state index contributed by atoms with van der Waals surface area (Å²) in [5.74, 6) is 1.85. The first kappa shape index (κ1) is 15.5. The highest BCUT2D eigenvalue weighted by Crippen LogP contribution is 2.27. The minimum Gasteiger partial charge on any atom is -0.495 e. The van der Waals surface area contributed by atoms with Crippen LogP contribution in [0.5, 0.6) is 5.75 Å². The summed E-state index contributed by atoms with van der Waals surface area (Å²) in [5, 5.41) is 6.29. The van der Waals surface area contributed by atoms with Gasteiger partial charge < -0.3 is 20.1 Å². The molecule has 0 aliphatic heterocycles. The first-order valence-electron chi connectivity index (χ1n) is 6.31. The largest absolute Gasteiger partial charge is 0.495 e. The predicted octanol–water partition coefficient (Wildman–Crippen LogP) is 2.85.